The van der Waals surface area contributed by atoms with E-state index in [1.807, 2.05) is 0 Å². The molecule has 1 amide bonds. The van der Waals surface area contributed by atoms with Crippen LogP contribution >= 0.6 is 0 Å². The van der Waals surface area contributed by atoms with Gasteiger partial charge in [-0.05, 0) is 25.7 Å². The van der Waals surface area contributed by atoms with Crippen molar-refractivity contribution in [2.24, 2.45) is 5.92 Å². The molecular formula is C13H24N2O5S. The molecule has 7 nitrogen and oxygen atoms in total. The van der Waals surface area contributed by atoms with Gasteiger partial charge in [-0.25, -0.2) is 12.7 Å². The first kappa shape index (κ1) is 16.7. The summed E-state index contributed by atoms with van der Waals surface area (Å²) in [5.41, 5.74) is -0.580. The molecule has 122 valence electrons. The average molecular weight is 320 g/mol. The number of carbonyl (C=O) groups is 1. The van der Waals surface area contributed by atoms with Crippen LogP contribution in [0.3, 0.4) is 0 Å². The van der Waals surface area contributed by atoms with Crippen LogP contribution in [0.15, 0.2) is 0 Å². The van der Waals surface area contributed by atoms with Crippen molar-refractivity contribution in [1.82, 2.24) is 9.62 Å². The zero-order valence-electron chi connectivity index (χ0n) is 12.4. The highest BCUT2D eigenvalue weighted by atomic mass is 32.2. The van der Waals surface area contributed by atoms with Crippen molar-refractivity contribution in [1.29, 1.82) is 0 Å². The third-order valence-electron chi connectivity index (χ3n) is 4.43. The van der Waals surface area contributed by atoms with Gasteiger partial charge >= 0.3 is 0 Å². The Morgan fingerprint density at radius 1 is 1.33 bits per heavy atom. The fourth-order valence-electron chi connectivity index (χ4n) is 2.90. The van der Waals surface area contributed by atoms with E-state index in [0.717, 1.165) is 0 Å². The maximum atomic E-state index is 12.4. The summed E-state index contributed by atoms with van der Waals surface area (Å²) in [5.74, 6) is -0.270. The summed E-state index contributed by atoms with van der Waals surface area (Å²) in [7, 11) is -3.17. The fourth-order valence-corrected chi connectivity index (χ4v) is 3.77. The molecule has 2 aliphatic heterocycles. The van der Waals surface area contributed by atoms with Gasteiger partial charge in [0.1, 0.15) is 0 Å². The van der Waals surface area contributed by atoms with Gasteiger partial charge in [0.2, 0.25) is 15.9 Å². The third kappa shape index (κ3) is 4.15. The molecule has 2 N–H and O–H groups in total. The van der Waals surface area contributed by atoms with Crippen LogP contribution in [-0.4, -0.2) is 68.4 Å². The smallest absolute Gasteiger partial charge is 0.223 e. The highest BCUT2D eigenvalue weighted by molar-refractivity contribution is 7.88. The predicted molar refractivity (Wildman–Crippen MR) is 77.2 cm³/mol. The lowest BCUT2D eigenvalue weighted by molar-refractivity contribution is -0.130. The number of sulfonamides is 1. The van der Waals surface area contributed by atoms with Crippen molar-refractivity contribution in [2.45, 2.75) is 31.2 Å². The van der Waals surface area contributed by atoms with Crippen molar-refractivity contribution >= 4 is 15.9 Å². The van der Waals surface area contributed by atoms with Gasteiger partial charge in [0.25, 0.3) is 0 Å². The summed E-state index contributed by atoms with van der Waals surface area (Å²) in [6.07, 6.45) is 3.46. The van der Waals surface area contributed by atoms with Gasteiger partial charge in [-0.1, -0.05) is 0 Å². The minimum atomic E-state index is -3.17. The van der Waals surface area contributed by atoms with E-state index in [9.17, 15) is 18.3 Å². The van der Waals surface area contributed by atoms with Crippen molar-refractivity contribution in [3.8, 4) is 0 Å². The molecule has 8 heteroatoms. The highest BCUT2D eigenvalue weighted by Crippen LogP contribution is 2.24. The average Bonchev–Trinajstić information content (AvgIpc) is 2.47. The summed E-state index contributed by atoms with van der Waals surface area (Å²) in [5, 5.41) is 12.5. The number of nitrogens with zero attached hydrogens (tertiary/aromatic N) is 1. The van der Waals surface area contributed by atoms with Gasteiger partial charge in [-0.15, -0.1) is 0 Å². The molecule has 0 radical (unpaired) electrons. The second kappa shape index (κ2) is 6.60. The van der Waals surface area contributed by atoms with Crippen LogP contribution in [0, 0.1) is 5.92 Å². The molecule has 0 aromatic carbocycles. The second-order valence-corrected chi connectivity index (χ2v) is 7.96. The van der Waals surface area contributed by atoms with Crippen molar-refractivity contribution < 1.29 is 23.1 Å². The molecule has 0 bridgehead atoms. The molecule has 2 heterocycles. The zero-order chi connectivity index (χ0) is 15.5. The summed E-state index contributed by atoms with van der Waals surface area (Å²) < 4.78 is 29.6. The molecule has 2 saturated heterocycles. The van der Waals surface area contributed by atoms with E-state index in [-0.39, 0.29) is 18.4 Å². The Labute approximate surface area is 125 Å². The quantitative estimate of drug-likeness (QED) is 0.715. The largest absolute Gasteiger partial charge is 0.394 e. The first-order valence-corrected chi connectivity index (χ1v) is 9.17. The molecule has 0 aromatic rings. The fraction of sp³-hybridized carbons (Fsp3) is 0.923. The van der Waals surface area contributed by atoms with E-state index < -0.39 is 15.6 Å². The molecule has 2 rings (SSSR count). The summed E-state index contributed by atoms with van der Waals surface area (Å²) >= 11 is 0. The van der Waals surface area contributed by atoms with E-state index in [0.29, 0.717) is 52.0 Å². The standard InChI is InChI=1S/C13H24N2O5S/c1-21(18,19)15-6-2-11(3-7-15)12(17)14-13(10-16)4-8-20-9-5-13/h11,16H,2-10H2,1H3,(H,14,17). The second-order valence-electron chi connectivity index (χ2n) is 5.98. The summed E-state index contributed by atoms with van der Waals surface area (Å²) in [6, 6.07) is 0. The normalized spacial score (nSPS) is 24.7. The van der Waals surface area contributed by atoms with Crippen molar-refractivity contribution in [2.75, 3.05) is 39.2 Å². The van der Waals surface area contributed by atoms with Crippen molar-refractivity contribution in [3.63, 3.8) is 0 Å². The Morgan fingerprint density at radius 3 is 2.38 bits per heavy atom. The Balaban J connectivity index is 1.90. The van der Waals surface area contributed by atoms with Crippen LogP contribution in [0.1, 0.15) is 25.7 Å². The molecule has 21 heavy (non-hydrogen) atoms. The monoisotopic (exact) mass is 320 g/mol. The number of amides is 1. The Hall–Kier alpha value is -0.700. The van der Waals surface area contributed by atoms with E-state index in [1.165, 1.54) is 10.6 Å². The first-order valence-electron chi connectivity index (χ1n) is 7.32. The maximum Gasteiger partial charge on any atom is 0.223 e. The molecule has 2 fully saturated rings. The van der Waals surface area contributed by atoms with Crippen LogP contribution in [0.2, 0.25) is 0 Å². The number of rotatable bonds is 4. The topological polar surface area (TPSA) is 95.9 Å². The summed E-state index contributed by atoms with van der Waals surface area (Å²) in [6.45, 7) is 1.74. The van der Waals surface area contributed by atoms with Crippen molar-refractivity contribution in [3.05, 3.63) is 0 Å². The number of carbonyl (C=O) groups excluding carboxylic acids is 1. The summed E-state index contributed by atoms with van der Waals surface area (Å²) in [4.78, 5) is 12.4. The lowest BCUT2D eigenvalue weighted by atomic mass is 9.88. The van der Waals surface area contributed by atoms with Gasteiger partial charge < -0.3 is 15.2 Å². The number of hydrogen-bond donors (Lipinski definition) is 2. The van der Waals surface area contributed by atoms with E-state index >= 15 is 0 Å². The number of hydrogen-bond acceptors (Lipinski definition) is 5. The highest BCUT2D eigenvalue weighted by Gasteiger charge is 2.36. The Kier molecular flexibility index (Phi) is 5.24. The van der Waals surface area contributed by atoms with Gasteiger partial charge in [-0.3, -0.25) is 4.79 Å². The Bertz CT molecular complexity index is 465. The van der Waals surface area contributed by atoms with E-state index in [4.69, 9.17) is 4.74 Å². The van der Waals surface area contributed by atoms with E-state index in [2.05, 4.69) is 5.32 Å². The number of nitrogens with one attached hydrogen (secondary N) is 1. The minimum Gasteiger partial charge on any atom is -0.394 e. The van der Waals surface area contributed by atoms with Crippen LogP contribution in [0.5, 0.6) is 0 Å². The lowest BCUT2D eigenvalue weighted by Crippen LogP contribution is -2.56. The van der Waals surface area contributed by atoms with Crippen LogP contribution in [0.4, 0.5) is 0 Å². The van der Waals surface area contributed by atoms with Gasteiger partial charge in [-0.2, -0.15) is 0 Å². The number of piperidine rings is 1. The third-order valence-corrected chi connectivity index (χ3v) is 5.74. The zero-order valence-corrected chi connectivity index (χ0v) is 13.2. The van der Waals surface area contributed by atoms with Gasteiger partial charge in [0, 0.05) is 32.2 Å². The molecule has 0 spiro atoms. The van der Waals surface area contributed by atoms with Gasteiger partial charge in [0.15, 0.2) is 0 Å². The van der Waals surface area contributed by atoms with Gasteiger partial charge in [0.05, 0.1) is 18.4 Å². The Morgan fingerprint density at radius 2 is 1.90 bits per heavy atom. The number of aliphatic hydroxyl groups excluding tert-OH is 1. The molecule has 0 saturated carbocycles. The molecule has 0 aromatic heterocycles. The number of aliphatic hydroxyl groups is 1. The van der Waals surface area contributed by atoms with E-state index in [1.54, 1.807) is 0 Å². The molecule has 0 unspecified atom stereocenters. The molecular weight excluding hydrogens is 296 g/mol. The minimum absolute atomic E-state index is 0.0842. The molecule has 2 aliphatic rings. The number of ether oxygens (including phenoxy) is 1. The lowest BCUT2D eigenvalue weighted by Gasteiger charge is -2.38. The van der Waals surface area contributed by atoms with Crippen LogP contribution < -0.4 is 5.32 Å². The molecule has 0 aliphatic carbocycles. The SMILES string of the molecule is CS(=O)(=O)N1CCC(C(=O)NC2(CO)CCOCC2)CC1. The van der Waals surface area contributed by atoms with Crippen LogP contribution in [-0.2, 0) is 19.6 Å². The predicted octanol–water partition coefficient (Wildman–Crippen LogP) is -0.684. The first-order chi connectivity index (χ1) is 9.86. The molecule has 0 atom stereocenters. The van der Waals surface area contributed by atoms with Crippen LogP contribution in [0.25, 0.3) is 0 Å². The maximum absolute atomic E-state index is 12.4.